The Hall–Kier alpha value is -1.35. The van der Waals surface area contributed by atoms with Crippen LogP contribution in [0.4, 0.5) is 0 Å². The van der Waals surface area contributed by atoms with Gasteiger partial charge in [0.15, 0.2) is 0 Å². The largest absolute Gasteiger partial charge is 0.481 e. The number of hydrogen-bond donors (Lipinski definition) is 1. The Morgan fingerprint density at radius 3 is 2.57 bits per heavy atom. The minimum absolute atomic E-state index is 0.145. The first-order valence-electron chi connectivity index (χ1n) is 8.04. The normalized spacial score (nSPS) is 23.4. The molecule has 21 heavy (non-hydrogen) atoms. The Morgan fingerprint density at radius 2 is 2.00 bits per heavy atom. The Labute approximate surface area is 128 Å². The number of hydrogen-bond acceptors (Lipinski definition) is 2. The van der Waals surface area contributed by atoms with Crippen LogP contribution in [0.2, 0.25) is 0 Å². The maximum Gasteiger partial charge on any atom is 0.308 e. The average molecular weight is 289 g/mol. The maximum absolute atomic E-state index is 11.3. The minimum atomic E-state index is -0.645. The molecule has 1 aliphatic rings. The lowest BCUT2D eigenvalue weighted by molar-refractivity contribution is -0.145. The van der Waals surface area contributed by atoms with Crippen molar-refractivity contribution in [3.63, 3.8) is 0 Å². The highest BCUT2D eigenvalue weighted by molar-refractivity contribution is 5.70. The summed E-state index contributed by atoms with van der Waals surface area (Å²) < 4.78 is 0. The Kier molecular flexibility index (Phi) is 5.40. The lowest BCUT2D eigenvalue weighted by atomic mass is 9.90. The second kappa shape index (κ2) is 7.08. The molecule has 0 radical (unpaired) electrons. The van der Waals surface area contributed by atoms with Gasteiger partial charge < -0.3 is 5.11 Å². The molecule has 0 aliphatic carbocycles. The molecular formula is C18H27NO2. The van der Waals surface area contributed by atoms with E-state index in [2.05, 4.69) is 49.9 Å². The molecule has 1 aromatic rings. The molecule has 0 saturated carbocycles. The van der Waals surface area contributed by atoms with Gasteiger partial charge in [-0.15, -0.1) is 0 Å². The van der Waals surface area contributed by atoms with E-state index in [1.807, 2.05) is 0 Å². The van der Waals surface area contributed by atoms with Crippen LogP contribution in [0.1, 0.15) is 50.7 Å². The quantitative estimate of drug-likeness (QED) is 0.901. The average Bonchev–Trinajstić information content (AvgIpc) is 2.46. The predicted molar refractivity (Wildman–Crippen MR) is 85.6 cm³/mol. The minimum Gasteiger partial charge on any atom is -0.481 e. The molecule has 1 fully saturated rings. The number of piperidine rings is 1. The molecule has 3 heteroatoms. The van der Waals surface area contributed by atoms with Crippen LogP contribution in [-0.4, -0.2) is 35.1 Å². The highest BCUT2D eigenvalue weighted by Crippen LogP contribution is 2.24. The monoisotopic (exact) mass is 289 g/mol. The van der Waals surface area contributed by atoms with Gasteiger partial charge in [0.1, 0.15) is 0 Å². The third-order valence-electron chi connectivity index (χ3n) is 4.77. The fraction of sp³-hybridized carbons (Fsp3) is 0.611. The first-order valence-corrected chi connectivity index (χ1v) is 8.04. The zero-order valence-electron chi connectivity index (χ0n) is 13.4. The topological polar surface area (TPSA) is 40.5 Å². The second-order valence-electron chi connectivity index (χ2n) is 6.51. The van der Waals surface area contributed by atoms with Gasteiger partial charge in [-0.05, 0) is 49.8 Å². The van der Waals surface area contributed by atoms with Crippen molar-refractivity contribution in [3.05, 3.63) is 35.4 Å². The van der Waals surface area contributed by atoms with E-state index < -0.39 is 5.97 Å². The number of carboxylic acids is 1. The van der Waals surface area contributed by atoms with Gasteiger partial charge in [-0.2, -0.15) is 0 Å². The third-order valence-corrected chi connectivity index (χ3v) is 4.77. The molecular weight excluding hydrogens is 262 g/mol. The first-order chi connectivity index (χ1) is 9.99. The summed E-state index contributed by atoms with van der Waals surface area (Å²) in [5, 5.41) is 9.27. The van der Waals surface area contributed by atoms with Gasteiger partial charge >= 0.3 is 5.97 Å². The summed E-state index contributed by atoms with van der Waals surface area (Å²) in [4.78, 5) is 13.6. The molecule has 2 atom stereocenters. The van der Waals surface area contributed by atoms with Gasteiger partial charge in [0.2, 0.25) is 0 Å². The number of benzene rings is 1. The lowest BCUT2D eigenvalue weighted by Gasteiger charge is -2.37. The fourth-order valence-corrected chi connectivity index (χ4v) is 3.20. The van der Waals surface area contributed by atoms with Crippen molar-refractivity contribution >= 4 is 5.97 Å². The third kappa shape index (κ3) is 4.07. The van der Waals surface area contributed by atoms with Crippen LogP contribution in [-0.2, 0) is 11.2 Å². The molecule has 0 aromatic heterocycles. The van der Waals surface area contributed by atoms with Crippen molar-refractivity contribution in [3.8, 4) is 0 Å². The van der Waals surface area contributed by atoms with E-state index in [9.17, 15) is 9.90 Å². The summed E-state index contributed by atoms with van der Waals surface area (Å²) in [6, 6.07) is 8.97. The van der Waals surface area contributed by atoms with Crippen molar-refractivity contribution in [2.24, 2.45) is 5.92 Å². The number of aliphatic carboxylic acids is 1. The van der Waals surface area contributed by atoms with Crippen molar-refractivity contribution in [2.75, 3.05) is 13.1 Å². The number of carboxylic acid groups (broad SMARTS) is 1. The van der Waals surface area contributed by atoms with Crippen LogP contribution in [0.3, 0.4) is 0 Å². The molecule has 2 rings (SSSR count). The molecule has 0 bridgehead atoms. The zero-order chi connectivity index (χ0) is 15.4. The molecule has 0 unspecified atom stereocenters. The van der Waals surface area contributed by atoms with Gasteiger partial charge in [-0.3, -0.25) is 9.69 Å². The Balaban J connectivity index is 1.91. The van der Waals surface area contributed by atoms with E-state index in [0.717, 1.165) is 32.4 Å². The fourth-order valence-electron chi connectivity index (χ4n) is 3.20. The van der Waals surface area contributed by atoms with Gasteiger partial charge in [-0.25, -0.2) is 0 Å². The molecule has 0 spiro atoms. The molecule has 1 aromatic carbocycles. The summed E-state index contributed by atoms with van der Waals surface area (Å²) in [5.74, 6) is -0.284. The Morgan fingerprint density at radius 1 is 1.33 bits per heavy atom. The Bertz CT molecular complexity index is 467. The summed E-state index contributed by atoms with van der Waals surface area (Å²) in [6.45, 7) is 8.44. The molecule has 1 aliphatic heterocycles. The molecule has 1 saturated heterocycles. The smallest absolute Gasteiger partial charge is 0.308 e. The van der Waals surface area contributed by atoms with E-state index in [1.54, 1.807) is 0 Å². The van der Waals surface area contributed by atoms with Crippen LogP contribution in [0.15, 0.2) is 24.3 Å². The lowest BCUT2D eigenvalue weighted by Crippen LogP contribution is -2.46. The molecule has 3 nitrogen and oxygen atoms in total. The van der Waals surface area contributed by atoms with Crippen molar-refractivity contribution in [2.45, 2.75) is 52.0 Å². The zero-order valence-corrected chi connectivity index (χ0v) is 13.4. The molecule has 0 amide bonds. The molecule has 1 N–H and O–H groups in total. The molecule has 1 heterocycles. The van der Waals surface area contributed by atoms with Crippen LogP contribution >= 0.6 is 0 Å². The second-order valence-corrected chi connectivity index (χ2v) is 6.51. The van der Waals surface area contributed by atoms with E-state index in [0.29, 0.717) is 5.92 Å². The van der Waals surface area contributed by atoms with Crippen molar-refractivity contribution < 1.29 is 9.90 Å². The first kappa shape index (κ1) is 16.0. The maximum atomic E-state index is 11.3. The van der Waals surface area contributed by atoms with Crippen LogP contribution < -0.4 is 0 Å². The van der Waals surface area contributed by atoms with E-state index in [-0.39, 0.29) is 12.0 Å². The highest BCUT2D eigenvalue weighted by Gasteiger charge is 2.32. The van der Waals surface area contributed by atoms with Crippen LogP contribution in [0.5, 0.6) is 0 Å². The number of likely N-dealkylation sites (tertiary alicyclic amines) is 1. The number of carbonyl (C=O) groups is 1. The van der Waals surface area contributed by atoms with Crippen molar-refractivity contribution in [1.82, 2.24) is 4.90 Å². The van der Waals surface area contributed by atoms with Crippen LogP contribution in [0.25, 0.3) is 0 Å². The van der Waals surface area contributed by atoms with Crippen LogP contribution in [0, 0.1) is 5.92 Å². The van der Waals surface area contributed by atoms with E-state index in [4.69, 9.17) is 0 Å². The van der Waals surface area contributed by atoms with Crippen molar-refractivity contribution in [1.29, 1.82) is 0 Å². The summed E-state index contributed by atoms with van der Waals surface area (Å²) in [5.41, 5.74) is 2.71. The summed E-state index contributed by atoms with van der Waals surface area (Å²) in [7, 11) is 0. The standard InChI is InChI=1S/C18H27NO2/c1-13(2)16-8-6-15(7-9-16)10-12-19-11-4-5-17(14(19)3)18(20)21/h6-9,13-14,17H,4-5,10-12H2,1-3H3,(H,20,21)/t14-,17-/m0/s1. The SMILES string of the molecule is CC(C)c1ccc(CCN2CCC[C@H](C(=O)O)[C@@H]2C)cc1. The van der Waals surface area contributed by atoms with Gasteiger partial charge in [0.05, 0.1) is 5.92 Å². The van der Waals surface area contributed by atoms with Gasteiger partial charge in [-0.1, -0.05) is 38.1 Å². The highest BCUT2D eigenvalue weighted by atomic mass is 16.4. The van der Waals surface area contributed by atoms with E-state index in [1.165, 1.54) is 11.1 Å². The van der Waals surface area contributed by atoms with Gasteiger partial charge in [0, 0.05) is 12.6 Å². The summed E-state index contributed by atoms with van der Waals surface area (Å²) in [6.07, 6.45) is 2.80. The van der Waals surface area contributed by atoms with E-state index >= 15 is 0 Å². The predicted octanol–water partition coefficient (Wildman–Crippen LogP) is 3.54. The van der Waals surface area contributed by atoms with Gasteiger partial charge in [0.25, 0.3) is 0 Å². The molecule has 116 valence electrons. The number of rotatable bonds is 5. The number of nitrogens with zero attached hydrogens (tertiary/aromatic N) is 1. The summed E-state index contributed by atoms with van der Waals surface area (Å²) >= 11 is 0.